The van der Waals surface area contributed by atoms with E-state index >= 15 is 0 Å². The van der Waals surface area contributed by atoms with Gasteiger partial charge in [0.1, 0.15) is 0 Å². The average molecular weight is 233 g/mol. The van der Waals surface area contributed by atoms with Crippen LogP contribution in [0.3, 0.4) is 0 Å². The first-order valence-electron chi connectivity index (χ1n) is 5.83. The van der Waals surface area contributed by atoms with Crippen LogP contribution in [0.4, 0.5) is 5.69 Å². The Labute approximate surface area is 102 Å². The Balaban J connectivity index is 2.34. The Kier molecular flexibility index (Phi) is 3.17. The molecule has 0 aliphatic carbocycles. The van der Waals surface area contributed by atoms with E-state index in [-0.39, 0.29) is 18.0 Å². The maximum absolute atomic E-state index is 11.3. The zero-order valence-corrected chi connectivity index (χ0v) is 10.5. The van der Waals surface area contributed by atoms with Gasteiger partial charge < -0.3 is 16.0 Å². The molecule has 4 nitrogen and oxygen atoms in total. The van der Waals surface area contributed by atoms with E-state index < -0.39 is 0 Å². The van der Waals surface area contributed by atoms with Crippen LogP contribution in [-0.2, 0) is 11.2 Å². The van der Waals surface area contributed by atoms with Gasteiger partial charge in [-0.05, 0) is 38.2 Å². The van der Waals surface area contributed by atoms with Crippen molar-refractivity contribution in [2.75, 3.05) is 19.4 Å². The third-order valence-electron chi connectivity index (χ3n) is 3.15. The van der Waals surface area contributed by atoms with Crippen molar-refractivity contribution in [2.24, 2.45) is 5.73 Å². The Morgan fingerprint density at radius 3 is 2.71 bits per heavy atom. The summed E-state index contributed by atoms with van der Waals surface area (Å²) in [6, 6.07) is 6.32. The fourth-order valence-corrected chi connectivity index (χ4v) is 2.51. The highest BCUT2D eigenvalue weighted by molar-refractivity contribution is 5.99. The molecule has 0 bridgehead atoms. The van der Waals surface area contributed by atoms with Crippen molar-refractivity contribution < 1.29 is 4.79 Å². The van der Waals surface area contributed by atoms with E-state index in [1.165, 1.54) is 5.56 Å². The summed E-state index contributed by atoms with van der Waals surface area (Å²) >= 11 is 0. The van der Waals surface area contributed by atoms with Gasteiger partial charge in [-0.2, -0.15) is 0 Å². The van der Waals surface area contributed by atoms with Crippen molar-refractivity contribution in [1.82, 2.24) is 4.90 Å². The fourth-order valence-electron chi connectivity index (χ4n) is 2.51. The maximum Gasteiger partial charge on any atom is 0.228 e. The van der Waals surface area contributed by atoms with Crippen LogP contribution in [0.15, 0.2) is 18.2 Å². The number of nitrogens with two attached hydrogens (primary N) is 1. The minimum Gasteiger partial charge on any atom is -0.326 e. The smallest absolute Gasteiger partial charge is 0.228 e. The van der Waals surface area contributed by atoms with E-state index in [0.717, 1.165) is 11.3 Å². The average Bonchev–Trinajstić information content (AvgIpc) is 2.56. The summed E-state index contributed by atoms with van der Waals surface area (Å²) in [5.41, 5.74) is 9.19. The van der Waals surface area contributed by atoms with E-state index in [2.05, 4.69) is 16.3 Å². The number of likely N-dealkylation sites (N-methyl/N-ethyl adjacent to an activating group) is 1. The van der Waals surface area contributed by atoms with Crippen LogP contribution >= 0.6 is 0 Å². The summed E-state index contributed by atoms with van der Waals surface area (Å²) < 4.78 is 0. The second-order valence-corrected chi connectivity index (χ2v) is 4.91. The number of nitrogens with one attached hydrogen (secondary N) is 1. The normalized spacial score (nSPS) is 17.8. The SMILES string of the molecule is CC(N)C(c1ccc2c(c1)CC(=O)N2)N(C)C. The highest BCUT2D eigenvalue weighted by atomic mass is 16.1. The van der Waals surface area contributed by atoms with Gasteiger partial charge in [-0.1, -0.05) is 12.1 Å². The largest absolute Gasteiger partial charge is 0.326 e. The van der Waals surface area contributed by atoms with Gasteiger partial charge in [0.2, 0.25) is 5.91 Å². The van der Waals surface area contributed by atoms with E-state index in [0.29, 0.717) is 6.42 Å². The minimum atomic E-state index is 0.0492. The summed E-state index contributed by atoms with van der Waals surface area (Å²) in [6.07, 6.45) is 0.474. The number of hydrogen-bond donors (Lipinski definition) is 2. The van der Waals surface area contributed by atoms with Gasteiger partial charge in [0, 0.05) is 17.8 Å². The van der Waals surface area contributed by atoms with E-state index in [1.54, 1.807) is 0 Å². The standard InChI is InChI=1S/C13H19N3O/c1-8(14)13(16(2)3)9-4-5-11-10(6-9)7-12(17)15-11/h4-6,8,13H,7,14H2,1-3H3,(H,15,17). The van der Waals surface area contributed by atoms with Gasteiger partial charge in [-0.25, -0.2) is 0 Å². The van der Waals surface area contributed by atoms with Gasteiger partial charge >= 0.3 is 0 Å². The number of carbonyl (C=O) groups is 1. The number of fused-ring (bicyclic) bond motifs is 1. The Morgan fingerprint density at radius 2 is 2.12 bits per heavy atom. The zero-order chi connectivity index (χ0) is 12.6. The van der Waals surface area contributed by atoms with Gasteiger partial charge in [0.05, 0.1) is 6.42 Å². The molecule has 17 heavy (non-hydrogen) atoms. The predicted octanol–water partition coefficient (Wildman–Crippen LogP) is 1.13. The van der Waals surface area contributed by atoms with Crippen molar-refractivity contribution in [1.29, 1.82) is 0 Å². The van der Waals surface area contributed by atoms with Crippen LogP contribution < -0.4 is 11.1 Å². The van der Waals surface area contributed by atoms with Gasteiger partial charge in [-0.15, -0.1) is 0 Å². The minimum absolute atomic E-state index is 0.0492. The number of anilines is 1. The van der Waals surface area contributed by atoms with Crippen LogP contribution in [0.1, 0.15) is 24.1 Å². The van der Waals surface area contributed by atoms with E-state index in [1.807, 2.05) is 33.2 Å². The molecule has 1 aromatic rings. The van der Waals surface area contributed by atoms with Gasteiger partial charge in [0.25, 0.3) is 0 Å². The van der Waals surface area contributed by atoms with Gasteiger partial charge in [0.15, 0.2) is 0 Å². The number of carbonyl (C=O) groups excluding carboxylic acids is 1. The topological polar surface area (TPSA) is 58.4 Å². The highest BCUT2D eigenvalue weighted by Gasteiger charge is 2.22. The summed E-state index contributed by atoms with van der Waals surface area (Å²) in [5, 5.41) is 2.84. The van der Waals surface area contributed by atoms with Crippen LogP contribution in [0.2, 0.25) is 0 Å². The molecule has 2 atom stereocenters. The summed E-state index contributed by atoms with van der Waals surface area (Å²) in [6.45, 7) is 2.00. The number of amides is 1. The molecule has 92 valence electrons. The summed E-state index contributed by atoms with van der Waals surface area (Å²) in [5.74, 6) is 0.0688. The third kappa shape index (κ3) is 2.33. The quantitative estimate of drug-likeness (QED) is 0.823. The van der Waals surface area contributed by atoms with Gasteiger partial charge in [-0.3, -0.25) is 4.79 Å². The van der Waals surface area contributed by atoms with Crippen molar-refractivity contribution in [3.63, 3.8) is 0 Å². The van der Waals surface area contributed by atoms with Crippen molar-refractivity contribution in [3.05, 3.63) is 29.3 Å². The molecule has 1 amide bonds. The molecular weight excluding hydrogens is 214 g/mol. The molecular formula is C13H19N3O. The Hall–Kier alpha value is -1.39. The van der Waals surface area contributed by atoms with Crippen LogP contribution in [-0.4, -0.2) is 30.9 Å². The maximum atomic E-state index is 11.3. The Morgan fingerprint density at radius 1 is 1.41 bits per heavy atom. The lowest BCUT2D eigenvalue weighted by Gasteiger charge is -2.28. The van der Waals surface area contributed by atoms with Crippen molar-refractivity contribution in [2.45, 2.75) is 25.4 Å². The molecule has 0 fully saturated rings. The molecule has 2 rings (SSSR count). The van der Waals surface area contributed by atoms with E-state index in [4.69, 9.17) is 5.73 Å². The number of rotatable bonds is 3. The molecule has 0 saturated heterocycles. The number of nitrogens with zero attached hydrogens (tertiary/aromatic N) is 1. The molecule has 1 aliphatic heterocycles. The molecule has 4 heteroatoms. The van der Waals surface area contributed by atoms with Crippen molar-refractivity contribution in [3.8, 4) is 0 Å². The monoisotopic (exact) mass is 233 g/mol. The van der Waals surface area contributed by atoms with Crippen LogP contribution in [0.5, 0.6) is 0 Å². The Bertz CT molecular complexity index is 432. The highest BCUT2D eigenvalue weighted by Crippen LogP contribution is 2.29. The molecule has 0 spiro atoms. The molecule has 3 N–H and O–H groups in total. The first kappa shape index (κ1) is 12.1. The molecule has 0 radical (unpaired) electrons. The molecule has 0 aromatic heterocycles. The second kappa shape index (κ2) is 4.47. The first-order chi connectivity index (χ1) is 7.99. The van der Waals surface area contributed by atoms with Crippen molar-refractivity contribution >= 4 is 11.6 Å². The molecule has 2 unspecified atom stereocenters. The molecule has 1 heterocycles. The summed E-state index contributed by atoms with van der Waals surface area (Å²) in [4.78, 5) is 13.4. The van der Waals surface area contributed by atoms with E-state index in [9.17, 15) is 4.79 Å². The third-order valence-corrected chi connectivity index (χ3v) is 3.15. The lowest BCUT2D eigenvalue weighted by atomic mass is 9.97. The number of hydrogen-bond acceptors (Lipinski definition) is 3. The fraction of sp³-hybridized carbons (Fsp3) is 0.462. The zero-order valence-electron chi connectivity index (χ0n) is 10.5. The molecule has 1 aliphatic rings. The molecule has 0 saturated carbocycles. The van der Waals surface area contributed by atoms with Crippen LogP contribution in [0, 0.1) is 0 Å². The summed E-state index contributed by atoms with van der Waals surface area (Å²) in [7, 11) is 4.04. The number of benzene rings is 1. The van der Waals surface area contributed by atoms with Crippen LogP contribution in [0.25, 0.3) is 0 Å². The molecule has 1 aromatic carbocycles. The lowest BCUT2D eigenvalue weighted by Crippen LogP contribution is -2.35. The first-order valence-corrected chi connectivity index (χ1v) is 5.83. The predicted molar refractivity (Wildman–Crippen MR) is 68.9 cm³/mol. The lowest BCUT2D eigenvalue weighted by molar-refractivity contribution is -0.115. The second-order valence-electron chi connectivity index (χ2n) is 4.91.